The van der Waals surface area contributed by atoms with Crippen LogP contribution in [0.1, 0.15) is 30.9 Å². The predicted molar refractivity (Wildman–Crippen MR) is 141 cm³/mol. The summed E-state index contributed by atoms with van der Waals surface area (Å²) in [5.74, 6) is 0.519. The van der Waals surface area contributed by atoms with E-state index in [0.717, 1.165) is 58.0 Å². The van der Waals surface area contributed by atoms with Crippen molar-refractivity contribution in [3.05, 3.63) is 83.8 Å². The van der Waals surface area contributed by atoms with Gasteiger partial charge in [0.1, 0.15) is 0 Å². The summed E-state index contributed by atoms with van der Waals surface area (Å²) in [6, 6.07) is 14.1. The van der Waals surface area contributed by atoms with Gasteiger partial charge in [-0.2, -0.15) is 0 Å². The first-order valence-electron chi connectivity index (χ1n) is 10.1. The topological polar surface area (TPSA) is 15.3 Å². The van der Waals surface area contributed by atoms with E-state index in [-0.39, 0.29) is 6.04 Å². The number of hydrogen-bond acceptors (Lipinski definition) is 4. The molecule has 0 bridgehead atoms. The first-order valence-corrected chi connectivity index (χ1v) is 13.2. The Morgan fingerprint density at radius 2 is 1.74 bits per heavy atom. The van der Waals surface area contributed by atoms with Crippen LogP contribution in [-0.4, -0.2) is 13.1 Å². The standard InChI is InChI=1S/C23H22Cl4N2S2/c24-16-5-8-18(9-6-16)29-14-15(13-28-31-23-3-1-2-22(27)30-23)4-11-21(29)19-10-7-17(25)12-20(19)26/h2-3,5-10,12,15,21,28H,1,4,11,13-14H2. The van der Waals surface area contributed by atoms with Gasteiger partial charge in [-0.3, -0.25) is 4.72 Å². The molecule has 2 heterocycles. The summed E-state index contributed by atoms with van der Waals surface area (Å²) >= 11 is 28.3. The molecule has 0 spiro atoms. The Kier molecular flexibility index (Phi) is 8.49. The lowest BCUT2D eigenvalue weighted by molar-refractivity contribution is 0.361. The smallest absolute Gasteiger partial charge is 0.0751 e. The van der Waals surface area contributed by atoms with Gasteiger partial charge in [-0.1, -0.05) is 76.4 Å². The van der Waals surface area contributed by atoms with E-state index < -0.39 is 0 Å². The Morgan fingerprint density at radius 3 is 2.48 bits per heavy atom. The molecule has 0 radical (unpaired) electrons. The first-order chi connectivity index (χ1) is 15.0. The fraction of sp³-hybridized carbons (Fsp3) is 0.304. The predicted octanol–water partition coefficient (Wildman–Crippen LogP) is 8.90. The molecule has 4 rings (SSSR count). The van der Waals surface area contributed by atoms with E-state index in [4.69, 9.17) is 46.4 Å². The van der Waals surface area contributed by atoms with Gasteiger partial charge < -0.3 is 4.90 Å². The highest BCUT2D eigenvalue weighted by Crippen LogP contribution is 2.41. The minimum atomic E-state index is 0.204. The van der Waals surface area contributed by atoms with Crippen molar-refractivity contribution in [2.24, 2.45) is 5.92 Å². The van der Waals surface area contributed by atoms with Crippen molar-refractivity contribution in [2.75, 3.05) is 18.0 Å². The third-order valence-corrected chi connectivity index (χ3v) is 8.57. The van der Waals surface area contributed by atoms with Gasteiger partial charge in [0.2, 0.25) is 0 Å². The molecule has 2 aliphatic rings. The summed E-state index contributed by atoms with van der Waals surface area (Å²) in [6.45, 7) is 1.86. The number of thioether (sulfide) groups is 1. The summed E-state index contributed by atoms with van der Waals surface area (Å²) < 4.78 is 5.61. The van der Waals surface area contributed by atoms with Crippen molar-refractivity contribution < 1.29 is 0 Å². The molecule has 8 heteroatoms. The summed E-state index contributed by atoms with van der Waals surface area (Å²) in [6.07, 6.45) is 7.27. The Hall–Kier alpha value is -0.460. The highest BCUT2D eigenvalue weighted by atomic mass is 35.5. The molecule has 0 aromatic heterocycles. The van der Waals surface area contributed by atoms with Crippen LogP contribution in [0.15, 0.2) is 63.2 Å². The van der Waals surface area contributed by atoms with Crippen LogP contribution in [-0.2, 0) is 0 Å². The Bertz CT molecular complexity index is 978. The lowest BCUT2D eigenvalue weighted by Gasteiger charge is -2.42. The van der Waals surface area contributed by atoms with E-state index in [1.54, 1.807) is 23.7 Å². The SMILES string of the molecule is ClC1=CCC=C(SNCC2CCC(c3ccc(Cl)cc3Cl)N(c3ccc(Cl)cc3)C2)S1. The molecule has 0 saturated carbocycles. The fourth-order valence-electron chi connectivity index (χ4n) is 3.95. The van der Waals surface area contributed by atoms with Gasteiger partial charge in [-0.05, 0) is 79.1 Å². The molecule has 2 aliphatic heterocycles. The zero-order valence-corrected chi connectivity index (χ0v) is 21.3. The van der Waals surface area contributed by atoms with Gasteiger partial charge >= 0.3 is 0 Å². The summed E-state index contributed by atoms with van der Waals surface area (Å²) in [5.41, 5.74) is 2.27. The quantitative estimate of drug-likeness (QED) is 0.374. The number of nitrogens with one attached hydrogen (secondary N) is 1. The van der Waals surface area contributed by atoms with Crippen molar-refractivity contribution in [2.45, 2.75) is 25.3 Å². The zero-order chi connectivity index (χ0) is 21.8. The molecule has 2 atom stereocenters. The second-order valence-corrected chi connectivity index (χ2v) is 11.8. The molecule has 31 heavy (non-hydrogen) atoms. The lowest BCUT2D eigenvalue weighted by atomic mass is 9.88. The Morgan fingerprint density at radius 1 is 0.968 bits per heavy atom. The van der Waals surface area contributed by atoms with Gasteiger partial charge in [0.15, 0.2) is 0 Å². The third-order valence-electron chi connectivity index (χ3n) is 5.46. The van der Waals surface area contributed by atoms with Crippen molar-refractivity contribution in [1.82, 2.24) is 4.72 Å². The highest BCUT2D eigenvalue weighted by Gasteiger charge is 2.31. The number of anilines is 1. The second-order valence-electron chi connectivity index (χ2n) is 7.57. The molecular weight excluding hydrogens is 510 g/mol. The van der Waals surface area contributed by atoms with Crippen LogP contribution in [0.2, 0.25) is 15.1 Å². The number of piperidine rings is 1. The van der Waals surface area contributed by atoms with Crippen LogP contribution in [0.4, 0.5) is 5.69 Å². The van der Waals surface area contributed by atoms with Crippen LogP contribution >= 0.6 is 70.1 Å². The monoisotopic (exact) mass is 530 g/mol. The minimum Gasteiger partial charge on any atom is -0.364 e. The number of allylic oxidation sites excluding steroid dienone is 2. The minimum absolute atomic E-state index is 0.204. The maximum atomic E-state index is 6.59. The summed E-state index contributed by atoms with van der Waals surface area (Å²) in [4.78, 5) is 2.44. The largest absolute Gasteiger partial charge is 0.364 e. The molecular formula is C23H22Cl4N2S2. The average molecular weight is 532 g/mol. The Labute approximate surface area is 212 Å². The molecule has 2 aromatic rings. The van der Waals surface area contributed by atoms with Gasteiger partial charge in [-0.15, -0.1) is 0 Å². The van der Waals surface area contributed by atoms with E-state index in [1.807, 2.05) is 30.3 Å². The number of hydrogen-bond donors (Lipinski definition) is 1. The lowest BCUT2D eigenvalue weighted by Crippen LogP contribution is -2.41. The van der Waals surface area contributed by atoms with E-state index in [9.17, 15) is 0 Å². The van der Waals surface area contributed by atoms with Crippen LogP contribution in [0.5, 0.6) is 0 Å². The molecule has 2 nitrogen and oxygen atoms in total. The van der Waals surface area contributed by atoms with Crippen LogP contribution < -0.4 is 9.62 Å². The van der Waals surface area contributed by atoms with Gasteiger partial charge in [0.05, 0.1) is 14.6 Å². The summed E-state index contributed by atoms with van der Waals surface area (Å²) in [5, 5.41) is 2.11. The van der Waals surface area contributed by atoms with Crippen molar-refractivity contribution >= 4 is 75.8 Å². The molecule has 0 aliphatic carbocycles. The molecule has 2 aromatic carbocycles. The maximum Gasteiger partial charge on any atom is 0.0751 e. The van der Waals surface area contributed by atoms with Crippen LogP contribution in [0.25, 0.3) is 0 Å². The second kappa shape index (κ2) is 11.1. The van der Waals surface area contributed by atoms with Crippen molar-refractivity contribution in [1.29, 1.82) is 0 Å². The average Bonchev–Trinajstić information content (AvgIpc) is 2.75. The zero-order valence-electron chi connectivity index (χ0n) is 16.7. The number of rotatable bonds is 6. The molecule has 1 fully saturated rings. The van der Waals surface area contributed by atoms with E-state index >= 15 is 0 Å². The first kappa shape index (κ1) is 23.7. The van der Waals surface area contributed by atoms with Crippen LogP contribution in [0.3, 0.4) is 0 Å². The van der Waals surface area contributed by atoms with Crippen LogP contribution in [0, 0.1) is 5.92 Å². The molecule has 0 amide bonds. The Balaban J connectivity index is 1.46. The van der Waals surface area contributed by atoms with E-state index in [0.29, 0.717) is 10.9 Å². The fourth-order valence-corrected chi connectivity index (χ4v) is 6.89. The molecule has 164 valence electrons. The normalized spacial score (nSPS) is 21.6. The number of halogens is 4. The van der Waals surface area contributed by atoms with Crippen molar-refractivity contribution in [3.63, 3.8) is 0 Å². The third kappa shape index (κ3) is 6.32. The van der Waals surface area contributed by atoms with E-state index in [2.05, 4.69) is 33.9 Å². The number of benzene rings is 2. The number of nitrogens with zero attached hydrogens (tertiary/aromatic N) is 1. The molecule has 1 saturated heterocycles. The highest BCUT2D eigenvalue weighted by molar-refractivity contribution is 8.23. The van der Waals surface area contributed by atoms with E-state index in [1.165, 1.54) is 4.24 Å². The summed E-state index contributed by atoms with van der Waals surface area (Å²) in [7, 11) is 0. The van der Waals surface area contributed by atoms with Gasteiger partial charge in [0.25, 0.3) is 0 Å². The van der Waals surface area contributed by atoms with Crippen molar-refractivity contribution in [3.8, 4) is 0 Å². The van der Waals surface area contributed by atoms with Gasteiger partial charge in [-0.25, -0.2) is 0 Å². The molecule has 2 unspecified atom stereocenters. The maximum absolute atomic E-state index is 6.59. The molecule has 1 N–H and O–H groups in total. The van der Waals surface area contributed by atoms with Gasteiger partial charge in [0, 0.05) is 33.8 Å².